The van der Waals surface area contributed by atoms with E-state index in [4.69, 9.17) is 66.1 Å². The summed E-state index contributed by atoms with van der Waals surface area (Å²) < 4.78 is 7.49. The summed E-state index contributed by atoms with van der Waals surface area (Å²) in [5.74, 6) is -0.793. The number of hydrogen-bond donors (Lipinski definition) is 0. The van der Waals surface area contributed by atoms with Gasteiger partial charge in [-0.1, -0.05) is 205 Å². The largest absolute Gasteiger partial charge is 0.378 e. The van der Waals surface area contributed by atoms with E-state index in [-0.39, 0.29) is 5.78 Å². The van der Waals surface area contributed by atoms with Crippen LogP contribution in [0.4, 0.5) is 5.69 Å². The number of imidazole rings is 1. The normalized spacial score (nSPS) is 14.8. The second-order valence-corrected chi connectivity index (χ2v) is 20.8. The lowest BCUT2D eigenvalue weighted by atomic mass is 9.80. The van der Waals surface area contributed by atoms with Gasteiger partial charge in [-0.15, -0.1) is 0 Å². The number of carbonyl (C=O) groups excluding carboxylic acids is 1. The van der Waals surface area contributed by atoms with Gasteiger partial charge in [0, 0.05) is 67.8 Å². The van der Waals surface area contributed by atoms with Crippen molar-refractivity contribution in [3.05, 3.63) is 260 Å². The molecule has 77 heavy (non-hydrogen) atoms. The van der Waals surface area contributed by atoms with E-state index in [2.05, 4.69) is 57.7 Å². The molecule has 12 heteroatoms. The van der Waals surface area contributed by atoms with Gasteiger partial charge < -0.3 is 9.64 Å². The number of aliphatic imine (C=N–C) groups is 2. The van der Waals surface area contributed by atoms with E-state index < -0.39 is 11.3 Å². The van der Waals surface area contributed by atoms with Gasteiger partial charge in [0.15, 0.2) is 5.78 Å². The Morgan fingerprint density at radius 2 is 1.09 bits per heavy atom. The molecular weight excluding hydrogens is 1040 g/mol. The SMILES string of the molecule is CCC(Cc1ccccc1)(C(=O)c1ccc(N2CCOCC2)cc1)N(C)C.Clc1ccc(-c2nc(-c3ccccc3)c(-c3ccccc3)n2C2(c3ccc(Cl)cc3Cl)N=C(c3ccccc3)C(c3ccccc3)=N2)c(Cl)c1. The zero-order valence-corrected chi connectivity index (χ0v) is 46.0. The van der Waals surface area contributed by atoms with E-state index in [9.17, 15) is 4.79 Å². The molecule has 0 N–H and O–H groups in total. The smallest absolute Gasteiger partial charge is 0.263 e. The van der Waals surface area contributed by atoms with Gasteiger partial charge in [0.05, 0.1) is 51.6 Å². The fourth-order valence-corrected chi connectivity index (χ4v) is 11.3. The molecule has 0 bridgehead atoms. The molecule has 0 aliphatic carbocycles. The first-order chi connectivity index (χ1) is 37.5. The number of Topliss-reactive ketones (excluding diaryl/α,β-unsaturated/α-hetero) is 1. The number of anilines is 1. The van der Waals surface area contributed by atoms with Gasteiger partial charge in [-0.2, -0.15) is 0 Å². The predicted molar refractivity (Wildman–Crippen MR) is 319 cm³/mol. The van der Waals surface area contributed by atoms with Gasteiger partial charge in [-0.25, -0.2) is 15.0 Å². The van der Waals surface area contributed by atoms with Gasteiger partial charge in [-0.05, 0) is 93.2 Å². The van der Waals surface area contributed by atoms with Crippen LogP contribution in [0.15, 0.2) is 222 Å². The first kappa shape index (κ1) is 53.3. The number of nitrogens with zero attached hydrogens (tertiary/aromatic N) is 6. The molecule has 2 aliphatic heterocycles. The van der Waals surface area contributed by atoms with E-state index in [0.29, 0.717) is 54.9 Å². The highest BCUT2D eigenvalue weighted by Crippen LogP contribution is 2.49. The fraction of sp³-hybridized carbons (Fsp3) is 0.169. The Hall–Kier alpha value is -7.14. The van der Waals surface area contributed by atoms with Gasteiger partial charge in [0.1, 0.15) is 5.82 Å². The maximum absolute atomic E-state index is 13.6. The number of rotatable bonds is 14. The summed E-state index contributed by atoms with van der Waals surface area (Å²) in [5, 5.41) is 1.83. The number of halogens is 4. The Balaban J connectivity index is 0.000000210. The molecule has 1 atom stereocenters. The van der Waals surface area contributed by atoms with Crippen LogP contribution in [0.1, 0.15) is 46.0 Å². The van der Waals surface area contributed by atoms with Gasteiger partial charge in [0.25, 0.3) is 5.79 Å². The first-order valence-corrected chi connectivity index (χ1v) is 27.2. The lowest BCUT2D eigenvalue weighted by Crippen LogP contribution is -2.52. The lowest BCUT2D eigenvalue weighted by Gasteiger charge is -2.38. The van der Waals surface area contributed by atoms with Crippen molar-refractivity contribution in [3.63, 3.8) is 0 Å². The molecule has 0 spiro atoms. The minimum absolute atomic E-state index is 0.187. The fourth-order valence-electron chi connectivity index (χ4n) is 10.3. The monoisotopic (exact) mass is 1090 g/mol. The van der Waals surface area contributed by atoms with Crippen LogP contribution in [-0.4, -0.2) is 77.6 Å². The number of aromatic nitrogens is 2. The van der Waals surface area contributed by atoms with Crippen LogP contribution in [-0.2, 0) is 16.9 Å². The number of ether oxygens (including phenoxy) is 1. The molecule has 1 saturated heterocycles. The third-order valence-electron chi connectivity index (χ3n) is 14.3. The van der Waals surface area contributed by atoms with Crippen LogP contribution in [0.2, 0.25) is 20.1 Å². The molecule has 386 valence electrons. The number of morpholine rings is 1. The lowest BCUT2D eigenvalue weighted by molar-refractivity contribution is 0.0666. The Morgan fingerprint density at radius 3 is 1.60 bits per heavy atom. The minimum atomic E-state index is -1.51. The van der Waals surface area contributed by atoms with E-state index >= 15 is 0 Å². The predicted octanol–water partition coefficient (Wildman–Crippen LogP) is 15.8. The zero-order valence-electron chi connectivity index (χ0n) is 43.0. The average molecular weight is 1100 g/mol. The summed E-state index contributed by atoms with van der Waals surface area (Å²) in [6.45, 7) is 5.42. The molecule has 2 aliphatic rings. The summed E-state index contributed by atoms with van der Waals surface area (Å²) in [7, 11) is 4.01. The summed E-state index contributed by atoms with van der Waals surface area (Å²) in [4.78, 5) is 34.6. The standard InChI is InChI=1S/C42H26Cl4N4.C23H30N2O2/c43-31-21-23-33(35(45)25-31)41-47-39(29-17-9-3-10-18-29)40(30-19-11-4-12-20-30)50(41)42(34-24-22-32(44)26-36(34)46)48-37(27-13-5-1-6-14-27)38(49-42)28-15-7-2-8-16-28;1-4-23(24(2)3,18-19-8-6-5-7-9-19)22(26)20-10-12-21(13-11-20)25-14-16-27-17-15-25/h1-26H;5-13H,4,14-18H2,1-3H3. The van der Waals surface area contributed by atoms with Gasteiger partial charge >= 0.3 is 0 Å². The van der Waals surface area contributed by atoms with Crippen molar-refractivity contribution in [2.24, 2.45) is 9.98 Å². The third kappa shape index (κ3) is 11.1. The first-order valence-electron chi connectivity index (χ1n) is 25.6. The number of carbonyl (C=O) groups is 1. The average Bonchev–Trinajstić information content (AvgIpc) is 4.16. The summed E-state index contributed by atoms with van der Waals surface area (Å²) in [6, 6.07) is 69.5. The molecule has 1 fully saturated rings. The topological polar surface area (TPSA) is 75.3 Å². The van der Waals surface area contributed by atoms with Crippen molar-refractivity contribution in [3.8, 4) is 33.9 Å². The Labute approximate surface area is 470 Å². The summed E-state index contributed by atoms with van der Waals surface area (Å²) in [5.41, 5.74) is 10.4. The van der Waals surface area contributed by atoms with Crippen LogP contribution in [0.3, 0.4) is 0 Å². The maximum atomic E-state index is 13.6. The van der Waals surface area contributed by atoms with E-state index in [1.807, 2.05) is 172 Å². The van der Waals surface area contributed by atoms with Crippen molar-refractivity contribution < 1.29 is 9.53 Å². The Morgan fingerprint density at radius 1 is 0.597 bits per heavy atom. The summed E-state index contributed by atoms with van der Waals surface area (Å²) in [6.07, 6.45) is 1.47. The van der Waals surface area contributed by atoms with Crippen molar-refractivity contribution >= 4 is 69.3 Å². The second kappa shape index (κ2) is 23.6. The highest BCUT2D eigenvalue weighted by molar-refractivity contribution is 6.54. The molecule has 8 aromatic carbocycles. The van der Waals surface area contributed by atoms with Gasteiger partial charge in [-0.3, -0.25) is 14.3 Å². The molecule has 0 amide bonds. The van der Waals surface area contributed by atoms with Crippen molar-refractivity contribution in [2.45, 2.75) is 31.1 Å². The van der Waals surface area contributed by atoms with Crippen LogP contribution in [0, 0.1) is 0 Å². The van der Waals surface area contributed by atoms with Crippen LogP contribution < -0.4 is 4.90 Å². The van der Waals surface area contributed by atoms with Crippen LogP contribution in [0.5, 0.6) is 0 Å². The number of benzene rings is 8. The van der Waals surface area contributed by atoms with Crippen LogP contribution >= 0.6 is 46.4 Å². The van der Waals surface area contributed by atoms with Gasteiger partial charge in [0.2, 0.25) is 0 Å². The molecule has 1 unspecified atom stereocenters. The molecular formula is C65H56Cl4N6O2. The quantitative estimate of drug-likeness (QED) is 0.101. The van der Waals surface area contributed by atoms with Crippen molar-refractivity contribution in [1.29, 1.82) is 0 Å². The van der Waals surface area contributed by atoms with Crippen molar-refractivity contribution in [2.75, 3.05) is 45.3 Å². The summed E-state index contributed by atoms with van der Waals surface area (Å²) >= 11 is 27.2. The number of ketones is 1. The molecule has 0 radical (unpaired) electrons. The van der Waals surface area contributed by atoms with E-state index in [0.717, 1.165) is 77.6 Å². The maximum Gasteiger partial charge on any atom is 0.263 e. The highest BCUT2D eigenvalue weighted by Gasteiger charge is 2.47. The molecule has 8 nitrogen and oxygen atoms in total. The van der Waals surface area contributed by atoms with E-state index in [1.54, 1.807) is 18.2 Å². The Kier molecular flexibility index (Phi) is 16.3. The molecule has 1 aromatic heterocycles. The van der Waals surface area contributed by atoms with E-state index in [1.165, 1.54) is 5.56 Å². The third-order valence-corrected chi connectivity index (χ3v) is 15.4. The number of likely N-dealkylation sites (N-methyl/N-ethyl adjacent to an activating group) is 1. The Bertz CT molecular complexity index is 3500. The second-order valence-electron chi connectivity index (χ2n) is 19.2. The van der Waals surface area contributed by atoms with Crippen LogP contribution in [0.25, 0.3) is 33.9 Å². The zero-order chi connectivity index (χ0) is 53.5. The molecule has 9 aromatic rings. The molecule has 0 saturated carbocycles. The molecule has 11 rings (SSSR count). The minimum Gasteiger partial charge on any atom is -0.378 e. The number of hydrogen-bond acceptors (Lipinski definition) is 7. The van der Waals surface area contributed by atoms with Crippen molar-refractivity contribution in [1.82, 2.24) is 14.5 Å². The highest BCUT2D eigenvalue weighted by atomic mass is 35.5. The molecule has 3 heterocycles.